The molecule has 0 aliphatic carbocycles. The van der Waals surface area contributed by atoms with E-state index in [1.54, 1.807) is 23.8 Å². The molecule has 2 N–H and O–H groups in total. The molecule has 0 aliphatic rings. The van der Waals surface area contributed by atoms with Crippen molar-refractivity contribution in [3.8, 4) is 0 Å². The van der Waals surface area contributed by atoms with Crippen molar-refractivity contribution >= 4 is 17.5 Å². The Labute approximate surface area is 154 Å². The summed E-state index contributed by atoms with van der Waals surface area (Å²) in [7, 11) is 0. The molecule has 0 unspecified atom stereocenters. The van der Waals surface area contributed by atoms with E-state index >= 15 is 0 Å². The third-order valence-corrected chi connectivity index (χ3v) is 3.64. The number of hydrogen-bond donors (Lipinski definition) is 2. The van der Waals surface area contributed by atoms with Crippen molar-refractivity contribution in [3.63, 3.8) is 0 Å². The second kappa shape index (κ2) is 8.09. The van der Waals surface area contributed by atoms with E-state index in [1.165, 1.54) is 18.6 Å². The highest BCUT2D eigenvalue weighted by molar-refractivity contribution is 6.08. The number of nitrogens with zero attached hydrogens (tertiary/aromatic N) is 4. The molecule has 0 fully saturated rings. The molecule has 9 nitrogen and oxygen atoms in total. The van der Waals surface area contributed by atoms with Crippen molar-refractivity contribution in [2.75, 3.05) is 6.61 Å². The molecule has 9 heteroatoms. The van der Waals surface area contributed by atoms with Gasteiger partial charge in [0, 0.05) is 24.0 Å². The second-order valence-electron chi connectivity index (χ2n) is 5.50. The monoisotopic (exact) mass is 367 g/mol. The van der Waals surface area contributed by atoms with Crippen LogP contribution in [0.4, 0.5) is 0 Å². The highest BCUT2D eigenvalue weighted by Gasteiger charge is 2.19. The van der Waals surface area contributed by atoms with Gasteiger partial charge < -0.3 is 14.4 Å². The number of pyridine rings is 1. The molecule has 27 heavy (non-hydrogen) atoms. The number of aromatic nitrogens is 5. The Morgan fingerprint density at radius 3 is 2.85 bits per heavy atom. The van der Waals surface area contributed by atoms with E-state index in [0.717, 1.165) is 11.8 Å². The van der Waals surface area contributed by atoms with Gasteiger partial charge in [0.05, 0.1) is 18.8 Å². The summed E-state index contributed by atoms with van der Waals surface area (Å²) in [5.41, 5.74) is 1.16. The van der Waals surface area contributed by atoms with Crippen LogP contribution in [-0.4, -0.2) is 48.2 Å². The first-order valence-corrected chi connectivity index (χ1v) is 8.16. The Bertz CT molecular complexity index is 961. The minimum absolute atomic E-state index is 0.00174. The van der Waals surface area contributed by atoms with Crippen molar-refractivity contribution in [1.29, 1.82) is 0 Å². The maximum atomic E-state index is 12.5. The lowest BCUT2D eigenvalue weighted by Crippen LogP contribution is -2.12. The topological polar surface area (TPSA) is 123 Å². The number of allylic oxidation sites excluding steroid dienone is 1. The Balaban J connectivity index is 1.91. The zero-order chi connectivity index (χ0) is 19.2. The molecule has 0 atom stereocenters. The summed E-state index contributed by atoms with van der Waals surface area (Å²) in [6, 6.07) is 6.85. The molecule has 0 aliphatic heterocycles. The van der Waals surface area contributed by atoms with Crippen LogP contribution in [-0.2, 0) is 11.3 Å². The fraction of sp³-hybridized carbons (Fsp3) is 0.167. The number of H-pyrrole nitrogens is 1. The van der Waals surface area contributed by atoms with Crippen LogP contribution in [0.25, 0.3) is 5.76 Å². The van der Waals surface area contributed by atoms with Gasteiger partial charge >= 0.3 is 5.97 Å². The predicted molar refractivity (Wildman–Crippen MR) is 95.0 cm³/mol. The van der Waals surface area contributed by atoms with E-state index in [2.05, 4.69) is 20.2 Å². The first kappa shape index (κ1) is 18.1. The van der Waals surface area contributed by atoms with Crippen LogP contribution in [0.3, 0.4) is 0 Å². The van der Waals surface area contributed by atoms with E-state index in [0.29, 0.717) is 6.54 Å². The molecule has 0 saturated heterocycles. The van der Waals surface area contributed by atoms with Crippen LogP contribution in [0.15, 0.2) is 49.1 Å². The summed E-state index contributed by atoms with van der Waals surface area (Å²) >= 11 is 0. The lowest BCUT2D eigenvalue weighted by atomic mass is 10.2. The van der Waals surface area contributed by atoms with Crippen LogP contribution in [0, 0.1) is 0 Å². The number of nitrogens with one attached hydrogen (secondary N) is 1. The highest BCUT2D eigenvalue weighted by Crippen LogP contribution is 2.15. The number of carbonyl (C=O) groups excluding carboxylic acids is 2. The van der Waals surface area contributed by atoms with Crippen molar-refractivity contribution in [2.24, 2.45) is 0 Å². The van der Waals surface area contributed by atoms with Gasteiger partial charge in [0.25, 0.3) is 0 Å². The lowest BCUT2D eigenvalue weighted by molar-refractivity contribution is 0.0514. The third kappa shape index (κ3) is 4.27. The number of ketones is 1. The molecule has 0 bridgehead atoms. The standard InChI is InChI=1S/C18H17N5O4/c1-2-27-18(26)14-7-12(9-23(14)10-13-5-3-4-6-19-13)15(24)8-16(25)17-20-11-21-22-17/h3-9,11,25H,2,10H2,1H3,(H,20,21,22). The molecule has 0 aromatic carbocycles. The van der Waals surface area contributed by atoms with E-state index in [1.807, 2.05) is 12.1 Å². The van der Waals surface area contributed by atoms with Gasteiger partial charge in [0.15, 0.2) is 11.5 Å². The number of aromatic amines is 1. The van der Waals surface area contributed by atoms with Gasteiger partial charge in [-0.25, -0.2) is 9.78 Å². The smallest absolute Gasteiger partial charge is 0.354 e. The first-order chi connectivity index (χ1) is 13.1. The average molecular weight is 367 g/mol. The maximum Gasteiger partial charge on any atom is 0.354 e. The average Bonchev–Trinajstić information content (AvgIpc) is 3.33. The normalized spacial score (nSPS) is 11.4. The number of hydrogen-bond acceptors (Lipinski definition) is 7. The summed E-state index contributed by atoms with van der Waals surface area (Å²) < 4.78 is 6.65. The minimum atomic E-state index is -0.547. The fourth-order valence-corrected chi connectivity index (χ4v) is 2.42. The summed E-state index contributed by atoms with van der Waals surface area (Å²) in [6.07, 6.45) is 5.45. The molecular weight excluding hydrogens is 350 g/mol. The van der Waals surface area contributed by atoms with Crippen LogP contribution in [0.5, 0.6) is 0 Å². The Morgan fingerprint density at radius 1 is 1.33 bits per heavy atom. The summed E-state index contributed by atoms with van der Waals surface area (Å²) in [5.74, 6) is -1.42. The van der Waals surface area contributed by atoms with Crippen molar-refractivity contribution < 1.29 is 19.4 Å². The quantitative estimate of drug-likeness (QED) is 0.283. The maximum absolute atomic E-state index is 12.5. The number of aliphatic hydroxyl groups is 1. The molecule has 0 spiro atoms. The van der Waals surface area contributed by atoms with E-state index in [9.17, 15) is 14.7 Å². The second-order valence-corrected chi connectivity index (χ2v) is 5.50. The zero-order valence-corrected chi connectivity index (χ0v) is 14.5. The molecule has 3 rings (SSSR count). The van der Waals surface area contributed by atoms with Gasteiger partial charge in [-0.1, -0.05) is 6.07 Å². The van der Waals surface area contributed by atoms with Gasteiger partial charge in [-0.05, 0) is 25.1 Å². The van der Waals surface area contributed by atoms with Gasteiger partial charge in [-0.15, -0.1) is 0 Å². The molecule has 138 valence electrons. The summed E-state index contributed by atoms with van der Waals surface area (Å²) in [5, 5.41) is 16.1. The fourth-order valence-electron chi connectivity index (χ4n) is 2.42. The van der Waals surface area contributed by atoms with Crippen LogP contribution < -0.4 is 0 Å². The minimum Gasteiger partial charge on any atom is -0.504 e. The van der Waals surface area contributed by atoms with E-state index in [-0.39, 0.29) is 29.4 Å². The van der Waals surface area contributed by atoms with Crippen LogP contribution >= 0.6 is 0 Å². The lowest BCUT2D eigenvalue weighted by Gasteiger charge is -2.07. The highest BCUT2D eigenvalue weighted by atomic mass is 16.5. The van der Waals surface area contributed by atoms with Gasteiger partial charge in [0.1, 0.15) is 12.0 Å². The molecule has 3 heterocycles. The molecule has 3 aromatic heterocycles. The molecule has 3 aromatic rings. The Hall–Kier alpha value is -3.75. The van der Waals surface area contributed by atoms with Gasteiger partial charge in [-0.3, -0.25) is 14.9 Å². The third-order valence-electron chi connectivity index (χ3n) is 3.64. The Kier molecular flexibility index (Phi) is 5.41. The largest absolute Gasteiger partial charge is 0.504 e. The number of ether oxygens (including phenoxy) is 1. The SMILES string of the molecule is CCOC(=O)c1cc(C(=O)C=C(O)c2nc[nH]n2)cn1Cc1ccccn1. The molecular formula is C18H17N5O4. The zero-order valence-electron chi connectivity index (χ0n) is 14.5. The Morgan fingerprint density at radius 2 is 2.19 bits per heavy atom. The van der Waals surface area contributed by atoms with E-state index < -0.39 is 11.8 Å². The first-order valence-electron chi connectivity index (χ1n) is 8.16. The van der Waals surface area contributed by atoms with Gasteiger partial charge in [-0.2, -0.15) is 5.10 Å². The number of carbonyl (C=O) groups is 2. The van der Waals surface area contributed by atoms with E-state index in [4.69, 9.17) is 4.74 Å². The van der Waals surface area contributed by atoms with Crippen LogP contribution in [0.2, 0.25) is 0 Å². The molecule has 0 saturated carbocycles. The molecule has 0 radical (unpaired) electrons. The van der Waals surface area contributed by atoms with Crippen molar-refractivity contribution in [1.82, 2.24) is 24.7 Å². The van der Waals surface area contributed by atoms with Crippen molar-refractivity contribution in [3.05, 3.63) is 71.8 Å². The number of rotatable bonds is 7. The number of aliphatic hydroxyl groups excluding tert-OH is 1. The summed E-state index contributed by atoms with van der Waals surface area (Å²) in [4.78, 5) is 32.7. The summed E-state index contributed by atoms with van der Waals surface area (Å²) in [6.45, 7) is 2.20. The number of esters is 1. The predicted octanol–water partition coefficient (Wildman–Crippen LogP) is 2.01. The molecule has 0 amide bonds. The van der Waals surface area contributed by atoms with Gasteiger partial charge in [0.2, 0.25) is 5.82 Å². The van der Waals surface area contributed by atoms with Crippen molar-refractivity contribution in [2.45, 2.75) is 13.5 Å². The van der Waals surface area contributed by atoms with Crippen LogP contribution in [0.1, 0.15) is 39.3 Å².